The van der Waals surface area contributed by atoms with Gasteiger partial charge < -0.3 is 9.05 Å². The first kappa shape index (κ1) is 23.6. The maximum Gasteiger partial charge on any atom is 0.432 e. The summed E-state index contributed by atoms with van der Waals surface area (Å²) in [7, 11) is -7.46. The third-order valence-corrected chi connectivity index (χ3v) is 7.73. The van der Waals surface area contributed by atoms with Crippen LogP contribution in [0.5, 0.6) is 0 Å². The van der Waals surface area contributed by atoms with Gasteiger partial charge >= 0.3 is 15.3 Å². The quantitative estimate of drug-likeness (QED) is 0.476. The molecule has 0 bridgehead atoms. The number of nitrogens with zero attached hydrogens (tertiary/aromatic N) is 1. The van der Waals surface area contributed by atoms with Crippen molar-refractivity contribution in [3.63, 3.8) is 0 Å². The molecule has 0 amide bonds. The summed E-state index contributed by atoms with van der Waals surface area (Å²) in [5.74, 6) is 0. The van der Waals surface area contributed by atoms with Crippen molar-refractivity contribution in [2.75, 3.05) is 31.5 Å². The van der Waals surface area contributed by atoms with E-state index in [1.807, 2.05) is 0 Å². The molecule has 0 atom stereocenters. The zero-order valence-corrected chi connectivity index (χ0v) is 18.8. The highest BCUT2D eigenvalue weighted by molar-refractivity contribution is 7.62. The number of nitrogens with one attached hydrogen (secondary N) is 1. The molecule has 0 aromatic heterocycles. The Labute approximate surface area is 171 Å². The second kappa shape index (κ2) is 10.4. The van der Waals surface area contributed by atoms with E-state index in [2.05, 4.69) is 11.2 Å². The van der Waals surface area contributed by atoms with Gasteiger partial charge in [-0.3, -0.25) is 18.7 Å². The van der Waals surface area contributed by atoms with Crippen LogP contribution in [0.4, 0.5) is 5.69 Å². The Morgan fingerprint density at radius 2 is 1.41 bits per heavy atom. The fourth-order valence-electron chi connectivity index (χ4n) is 2.89. The van der Waals surface area contributed by atoms with E-state index in [4.69, 9.17) is 18.1 Å². The number of nitriles is 1. The van der Waals surface area contributed by atoms with Crippen LogP contribution in [0.3, 0.4) is 0 Å². The molecule has 0 unspecified atom stereocenters. The standard InChI is InChI=1S/C19H26N2O6P2/c1-5-24-28(22,25-6-2)19-13-18(21-29(23,26-7-3)27-8-4)16-12-10-9-11-15(16)17(19)14-20/h9-13H,5-8H2,1-4H3,(H,21,23). The van der Waals surface area contributed by atoms with Gasteiger partial charge in [-0.1, -0.05) is 24.3 Å². The summed E-state index contributed by atoms with van der Waals surface area (Å²) in [5, 5.41) is 13.8. The van der Waals surface area contributed by atoms with Crippen molar-refractivity contribution in [1.82, 2.24) is 0 Å². The summed E-state index contributed by atoms with van der Waals surface area (Å²) in [4.78, 5) is 0. The Morgan fingerprint density at radius 1 is 0.897 bits per heavy atom. The van der Waals surface area contributed by atoms with E-state index in [0.29, 0.717) is 16.5 Å². The van der Waals surface area contributed by atoms with Gasteiger partial charge in [-0.15, -0.1) is 0 Å². The summed E-state index contributed by atoms with van der Waals surface area (Å²) in [6.45, 7) is 7.39. The van der Waals surface area contributed by atoms with Gasteiger partial charge in [0.05, 0.1) is 43.0 Å². The Balaban J connectivity index is 2.79. The minimum atomic E-state index is -3.79. The second-order valence-electron chi connectivity index (χ2n) is 5.75. The van der Waals surface area contributed by atoms with Crippen LogP contribution in [0.15, 0.2) is 30.3 Å². The van der Waals surface area contributed by atoms with Crippen molar-refractivity contribution in [2.24, 2.45) is 0 Å². The molecule has 29 heavy (non-hydrogen) atoms. The summed E-state index contributed by atoms with van der Waals surface area (Å²) < 4.78 is 48.0. The van der Waals surface area contributed by atoms with E-state index >= 15 is 0 Å². The average molecular weight is 440 g/mol. The Morgan fingerprint density at radius 3 is 1.90 bits per heavy atom. The first-order chi connectivity index (χ1) is 13.9. The SMILES string of the molecule is CCOP(=O)(Nc1cc(P(=O)(OCC)OCC)c(C#N)c2ccccc12)OCC. The van der Waals surface area contributed by atoms with Gasteiger partial charge in [0.25, 0.3) is 0 Å². The van der Waals surface area contributed by atoms with Crippen molar-refractivity contribution in [1.29, 1.82) is 5.26 Å². The van der Waals surface area contributed by atoms with Gasteiger partial charge in [0.1, 0.15) is 6.07 Å². The van der Waals surface area contributed by atoms with Gasteiger partial charge in [0.15, 0.2) is 0 Å². The lowest BCUT2D eigenvalue weighted by atomic mass is 10.0. The third kappa shape index (κ3) is 5.26. The molecular formula is C19H26N2O6P2. The molecule has 2 rings (SSSR count). The molecule has 1 N–H and O–H groups in total. The van der Waals surface area contributed by atoms with Crippen molar-refractivity contribution < 1.29 is 27.2 Å². The summed E-state index contributed by atoms with van der Waals surface area (Å²) in [5.41, 5.74) is 0.526. The van der Waals surface area contributed by atoms with Crippen molar-refractivity contribution in [2.45, 2.75) is 27.7 Å². The topological polar surface area (TPSA) is 107 Å². The molecule has 0 spiro atoms. The van der Waals surface area contributed by atoms with Gasteiger partial charge in [0, 0.05) is 10.8 Å². The van der Waals surface area contributed by atoms with Gasteiger partial charge in [-0.05, 0) is 33.8 Å². The van der Waals surface area contributed by atoms with Crippen LogP contribution in [0.25, 0.3) is 10.8 Å². The van der Waals surface area contributed by atoms with Gasteiger partial charge in [0.2, 0.25) is 0 Å². The Kier molecular flexibility index (Phi) is 8.42. The normalized spacial score (nSPS) is 12.1. The first-order valence-corrected chi connectivity index (χ1v) is 12.5. The second-order valence-corrected chi connectivity index (χ2v) is 9.48. The summed E-state index contributed by atoms with van der Waals surface area (Å²) >= 11 is 0. The molecule has 0 saturated heterocycles. The molecule has 0 aliphatic heterocycles. The number of hydrogen-bond acceptors (Lipinski definition) is 7. The molecule has 2 aromatic carbocycles. The van der Waals surface area contributed by atoms with Crippen molar-refractivity contribution in [3.8, 4) is 6.07 Å². The number of rotatable bonds is 11. The van der Waals surface area contributed by atoms with Crippen LogP contribution in [0.1, 0.15) is 33.3 Å². The minimum Gasteiger partial charge on any atom is -0.305 e. The van der Waals surface area contributed by atoms with E-state index in [0.717, 1.165) is 0 Å². The highest BCUT2D eigenvalue weighted by Crippen LogP contribution is 2.52. The molecule has 0 fully saturated rings. The molecule has 0 aliphatic carbocycles. The van der Waals surface area contributed by atoms with Crippen molar-refractivity contribution in [3.05, 3.63) is 35.9 Å². The highest BCUT2D eigenvalue weighted by Gasteiger charge is 2.33. The van der Waals surface area contributed by atoms with Crippen LogP contribution in [0.2, 0.25) is 0 Å². The molecule has 2 aromatic rings. The summed E-state index contributed by atoms with van der Waals surface area (Å²) in [6, 6.07) is 10.6. The lowest BCUT2D eigenvalue weighted by molar-refractivity contribution is 0.224. The number of anilines is 1. The molecule has 0 radical (unpaired) electrons. The molecule has 8 nitrogen and oxygen atoms in total. The zero-order chi connectivity index (χ0) is 21.5. The fraction of sp³-hybridized carbons (Fsp3) is 0.421. The molecule has 158 valence electrons. The van der Waals surface area contributed by atoms with Crippen LogP contribution in [0, 0.1) is 11.3 Å². The monoisotopic (exact) mass is 440 g/mol. The maximum absolute atomic E-state index is 13.5. The lowest BCUT2D eigenvalue weighted by Gasteiger charge is -2.23. The summed E-state index contributed by atoms with van der Waals surface area (Å²) in [6.07, 6.45) is 0. The van der Waals surface area contributed by atoms with E-state index in [9.17, 15) is 14.4 Å². The van der Waals surface area contributed by atoms with Gasteiger partial charge in [-0.2, -0.15) is 5.26 Å². The Bertz CT molecular complexity index is 969. The van der Waals surface area contributed by atoms with E-state index < -0.39 is 15.3 Å². The number of fused-ring (bicyclic) bond motifs is 1. The first-order valence-electron chi connectivity index (χ1n) is 9.40. The highest BCUT2D eigenvalue weighted by atomic mass is 31.2. The third-order valence-electron chi connectivity index (χ3n) is 3.88. The largest absolute Gasteiger partial charge is 0.432 e. The smallest absolute Gasteiger partial charge is 0.305 e. The number of benzene rings is 2. The van der Waals surface area contributed by atoms with Gasteiger partial charge in [-0.25, -0.2) is 4.57 Å². The predicted octanol–water partition coefficient (Wildman–Crippen LogP) is 5.20. The molecule has 10 heteroatoms. The van der Waals surface area contributed by atoms with Crippen LogP contribution >= 0.6 is 15.3 Å². The molecule has 0 heterocycles. The fourth-order valence-corrected chi connectivity index (χ4v) is 6.02. The molecular weight excluding hydrogens is 414 g/mol. The predicted molar refractivity (Wildman–Crippen MR) is 114 cm³/mol. The lowest BCUT2D eigenvalue weighted by Crippen LogP contribution is -2.16. The van der Waals surface area contributed by atoms with Crippen molar-refractivity contribution >= 4 is 37.1 Å². The zero-order valence-electron chi connectivity index (χ0n) is 17.0. The minimum absolute atomic E-state index is 0.101. The molecule has 0 aliphatic rings. The van der Waals surface area contributed by atoms with Crippen LogP contribution in [-0.2, 0) is 27.2 Å². The Hall–Kier alpha value is -1.71. The van der Waals surface area contributed by atoms with Crippen LogP contribution in [-0.4, -0.2) is 26.4 Å². The molecule has 0 saturated carbocycles. The van der Waals surface area contributed by atoms with E-state index in [-0.39, 0.29) is 37.3 Å². The van der Waals surface area contributed by atoms with Crippen LogP contribution < -0.4 is 10.4 Å². The van der Waals surface area contributed by atoms with E-state index in [1.165, 1.54) is 6.07 Å². The van der Waals surface area contributed by atoms with E-state index in [1.54, 1.807) is 52.0 Å². The number of hydrogen-bond donors (Lipinski definition) is 1. The average Bonchev–Trinajstić information content (AvgIpc) is 2.68. The maximum atomic E-state index is 13.5.